The van der Waals surface area contributed by atoms with Crippen molar-refractivity contribution in [2.75, 3.05) is 6.54 Å². The molecule has 0 spiro atoms. The van der Waals surface area contributed by atoms with Crippen molar-refractivity contribution in [2.24, 2.45) is 0 Å². The molecule has 0 aliphatic carbocycles. The summed E-state index contributed by atoms with van der Waals surface area (Å²) >= 11 is 6.47. The summed E-state index contributed by atoms with van der Waals surface area (Å²) in [5, 5.41) is 1.73. The Kier molecular flexibility index (Phi) is 4.63. The van der Waals surface area contributed by atoms with Crippen molar-refractivity contribution in [3.63, 3.8) is 0 Å². The van der Waals surface area contributed by atoms with E-state index >= 15 is 0 Å². The minimum atomic E-state index is 0.365. The lowest BCUT2D eigenvalue weighted by Crippen LogP contribution is -2.31. The van der Waals surface area contributed by atoms with E-state index in [2.05, 4.69) is 59.9 Å². The molecule has 0 bridgehead atoms. The molecule has 0 N–H and O–H groups in total. The molecule has 0 unspecified atom stereocenters. The highest BCUT2D eigenvalue weighted by Gasteiger charge is 2.20. The van der Waals surface area contributed by atoms with Crippen LogP contribution in [0.4, 0.5) is 0 Å². The second-order valence-corrected chi connectivity index (χ2v) is 7.81. The van der Waals surface area contributed by atoms with Gasteiger partial charge in [0.15, 0.2) is 0 Å². The number of hydrogen-bond acceptors (Lipinski definition) is 4. The molecule has 2 aromatic heterocycles. The molecular weight excluding hydrogens is 344 g/mol. The standard InChI is InChI=1S/C21H23ClN4/c1-13(2)21-23-10-17-12-26(7-6-18(17)25-21)11-16-9-15-5-4-14(3)8-19(15)24-20(16)22/h4-5,8-10,13H,6-7,11-12H2,1-3H3. The van der Waals surface area contributed by atoms with Gasteiger partial charge in [-0.1, -0.05) is 37.6 Å². The first-order valence-corrected chi connectivity index (χ1v) is 9.50. The molecule has 1 aromatic carbocycles. The minimum Gasteiger partial charge on any atom is -0.294 e. The fraction of sp³-hybridized carbons (Fsp3) is 0.381. The summed E-state index contributed by atoms with van der Waals surface area (Å²) < 4.78 is 0. The third kappa shape index (κ3) is 3.44. The highest BCUT2D eigenvalue weighted by molar-refractivity contribution is 6.30. The summed E-state index contributed by atoms with van der Waals surface area (Å²) in [7, 11) is 0. The van der Waals surface area contributed by atoms with E-state index in [4.69, 9.17) is 16.6 Å². The van der Waals surface area contributed by atoms with E-state index in [1.807, 2.05) is 6.20 Å². The van der Waals surface area contributed by atoms with Crippen LogP contribution in [0.25, 0.3) is 10.9 Å². The molecule has 0 atom stereocenters. The van der Waals surface area contributed by atoms with Crippen molar-refractivity contribution >= 4 is 22.5 Å². The minimum absolute atomic E-state index is 0.365. The lowest BCUT2D eigenvalue weighted by atomic mass is 10.0. The van der Waals surface area contributed by atoms with Gasteiger partial charge in [-0.3, -0.25) is 4.90 Å². The number of aromatic nitrogens is 3. The summed E-state index contributed by atoms with van der Waals surface area (Å²) in [6.07, 6.45) is 2.95. The highest BCUT2D eigenvalue weighted by Crippen LogP contribution is 2.25. The summed E-state index contributed by atoms with van der Waals surface area (Å²) in [4.78, 5) is 16.3. The van der Waals surface area contributed by atoms with E-state index in [9.17, 15) is 0 Å². The van der Waals surface area contributed by atoms with Crippen molar-refractivity contribution in [3.05, 3.63) is 63.8 Å². The second-order valence-electron chi connectivity index (χ2n) is 7.45. The Hall–Kier alpha value is -2.04. The first-order valence-electron chi connectivity index (χ1n) is 9.12. The Morgan fingerprint density at radius 1 is 1.19 bits per heavy atom. The van der Waals surface area contributed by atoms with E-state index in [-0.39, 0.29) is 0 Å². The van der Waals surface area contributed by atoms with Crippen LogP contribution in [0.2, 0.25) is 5.15 Å². The van der Waals surface area contributed by atoms with Gasteiger partial charge in [-0.15, -0.1) is 0 Å². The molecule has 0 radical (unpaired) electrons. The number of rotatable bonds is 3. The van der Waals surface area contributed by atoms with Crippen LogP contribution in [0, 0.1) is 6.92 Å². The molecule has 1 aliphatic heterocycles. The highest BCUT2D eigenvalue weighted by atomic mass is 35.5. The molecule has 4 nitrogen and oxygen atoms in total. The van der Waals surface area contributed by atoms with Crippen LogP contribution in [-0.4, -0.2) is 26.4 Å². The summed E-state index contributed by atoms with van der Waals surface area (Å²) in [6, 6.07) is 8.47. The number of benzene rings is 1. The normalized spacial score (nSPS) is 14.8. The lowest BCUT2D eigenvalue weighted by molar-refractivity contribution is 0.242. The molecular formula is C21H23ClN4. The zero-order valence-corrected chi connectivity index (χ0v) is 16.2. The van der Waals surface area contributed by atoms with Gasteiger partial charge in [0, 0.05) is 60.4 Å². The molecule has 134 valence electrons. The van der Waals surface area contributed by atoms with Crippen LogP contribution in [0.15, 0.2) is 30.5 Å². The zero-order valence-electron chi connectivity index (χ0n) is 15.5. The van der Waals surface area contributed by atoms with Crippen LogP contribution in [-0.2, 0) is 19.5 Å². The van der Waals surface area contributed by atoms with Crippen LogP contribution < -0.4 is 0 Å². The predicted octanol–water partition coefficient (Wildman–Crippen LogP) is 4.67. The smallest absolute Gasteiger partial charge is 0.134 e. The number of hydrogen-bond donors (Lipinski definition) is 0. The van der Waals surface area contributed by atoms with E-state index in [0.717, 1.165) is 48.3 Å². The van der Waals surface area contributed by atoms with Gasteiger partial charge in [0.1, 0.15) is 11.0 Å². The Morgan fingerprint density at radius 3 is 2.85 bits per heavy atom. The van der Waals surface area contributed by atoms with Crippen LogP contribution >= 0.6 is 11.6 Å². The quantitative estimate of drug-likeness (QED) is 0.632. The largest absolute Gasteiger partial charge is 0.294 e. The average molecular weight is 367 g/mol. The van der Waals surface area contributed by atoms with Crippen molar-refractivity contribution in [2.45, 2.75) is 46.2 Å². The topological polar surface area (TPSA) is 41.9 Å². The third-order valence-electron chi connectivity index (χ3n) is 4.94. The van der Waals surface area contributed by atoms with Crippen molar-refractivity contribution in [1.82, 2.24) is 19.9 Å². The Bertz CT molecular complexity index is 968. The second kappa shape index (κ2) is 6.93. The molecule has 4 rings (SSSR count). The molecule has 26 heavy (non-hydrogen) atoms. The van der Waals surface area contributed by atoms with E-state index in [0.29, 0.717) is 11.1 Å². The summed E-state index contributed by atoms with van der Waals surface area (Å²) in [5.74, 6) is 1.30. The third-order valence-corrected chi connectivity index (χ3v) is 5.27. The van der Waals surface area contributed by atoms with E-state index < -0.39 is 0 Å². The van der Waals surface area contributed by atoms with Crippen LogP contribution in [0.3, 0.4) is 0 Å². The van der Waals surface area contributed by atoms with Gasteiger partial charge in [0.05, 0.1) is 5.52 Å². The first-order chi connectivity index (χ1) is 12.5. The molecule has 3 aromatic rings. The van der Waals surface area contributed by atoms with Crippen LogP contribution in [0.5, 0.6) is 0 Å². The molecule has 3 heterocycles. The molecule has 5 heteroatoms. The fourth-order valence-electron chi connectivity index (χ4n) is 3.45. The monoisotopic (exact) mass is 366 g/mol. The van der Waals surface area contributed by atoms with Crippen molar-refractivity contribution < 1.29 is 0 Å². The van der Waals surface area contributed by atoms with Gasteiger partial charge >= 0.3 is 0 Å². The Labute approximate surface area is 159 Å². The SMILES string of the molecule is Cc1ccc2cc(CN3CCc4nc(C(C)C)ncc4C3)c(Cl)nc2c1. The van der Waals surface area contributed by atoms with E-state index in [1.165, 1.54) is 16.8 Å². The van der Waals surface area contributed by atoms with Gasteiger partial charge < -0.3 is 0 Å². The number of fused-ring (bicyclic) bond motifs is 2. The first kappa shape index (κ1) is 17.4. The number of aryl methyl sites for hydroxylation is 1. The number of nitrogens with zero attached hydrogens (tertiary/aromatic N) is 4. The van der Waals surface area contributed by atoms with Crippen molar-refractivity contribution in [1.29, 1.82) is 0 Å². The Balaban J connectivity index is 1.56. The molecule has 1 aliphatic rings. The summed E-state index contributed by atoms with van der Waals surface area (Å²) in [6.45, 7) is 8.96. The maximum absolute atomic E-state index is 6.47. The van der Waals surface area contributed by atoms with E-state index in [1.54, 1.807) is 0 Å². The fourth-order valence-corrected chi connectivity index (χ4v) is 3.66. The maximum atomic E-state index is 6.47. The number of pyridine rings is 1. The van der Waals surface area contributed by atoms with Gasteiger partial charge in [-0.2, -0.15) is 0 Å². The zero-order chi connectivity index (χ0) is 18.3. The predicted molar refractivity (Wildman–Crippen MR) is 105 cm³/mol. The molecule has 0 amide bonds. The lowest BCUT2D eigenvalue weighted by Gasteiger charge is -2.28. The van der Waals surface area contributed by atoms with Gasteiger partial charge in [-0.05, 0) is 24.6 Å². The molecule has 0 fully saturated rings. The van der Waals surface area contributed by atoms with Crippen LogP contribution in [0.1, 0.15) is 48.0 Å². The summed E-state index contributed by atoms with van der Waals surface area (Å²) in [5.41, 5.74) is 5.64. The van der Waals surface area contributed by atoms with Gasteiger partial charge in [0.25, 0.3) is 0 Å². The maximum Gasteiger partial charge on any atom is 0.134 e. The molecule has 0 saturated carbocycles. The average Bonchev–Trinajstić information content (AvgIpc) is 2.62. The van der Waals surface area contributed by atoms with Crippen molar-refractivity contribution in [3.8, 4) is 0 Å². The molecule has 0 saturated heterocycles. The van der Waals surface area contributed by atoms with Gasteiger partial charge in [-0.25, -0.2) is 15.0 Å². The Morgan fingerprint density at radius 2 is 2.04 bits per heavy atom. The number of halogens is 1. The van der Waals surface area contributed by atoms with Gasteiger partial charge in [0.2, 0.25) is 0 Å².